The second-order valence-corrected chi connectivity index (χ2v) is 15.4. The van der Waals surface area contributed by atoms with Gasteiger partial charge < -0.3 is 25.2 Å². The summed E-state index contributed by atoms with van der Waals surface area (Å²) in [7, 11) is 0. The summed E-state index contributed by atoms with van der Waals surface area (Å²) in [6.07, 6.45) is 2.57. The van der Waals surface area contributed by atoms with Gasteiger partial charge in [0.15, 0.2) is 11.6 Å². The Labute approximate surface area is 284 Å². The van der Waals surface area contributed by atoms with Gasteiger partial charge in [0, 0.05) is 36.4 Å². The smallest absolute Gasteiger partial charge is 0.319 e. The van der Waals surface area contributed by atoms with Crippen molar-refractivity contribution in [1.82, 2.24) is 14.9 Å². The second-order valence-electron chi connectivity index (χ2n) is 14.0. The fourth-order valence-corrected chi connectivity index (χ4v) is 9.84. The average molecular weight is 699 g/mol. The number of thiophene rings is 1. The molecular formula is C34H34ClF3N6O3S. The minimum atomic E-state index is -1.06. The summed E-state index contributed by atoms with van der Waals surface area (Å²) in [6, 6.07) is 4.17. The van der Waals surface area contributed by atoms with Crippen LogP contribution >= 0.6 is 22.9 Å². The van der Waals surface area contributed by atoms with Gasteiger partial charge in [0.2, 0.25) is 0 Å². The number of anilines is 2. The highest BCUT2D eigenvalue weighted by Crippen LogP contribution is 2.52. The molecule has 3 saturated heterocycles. The Kier molecular flexibility index (Phi) is 7.41. The standard InChI is InChI=1S/C34H34ClF3N6O3S/c1-33(2,45)19-5-3-10-44-21(19)14-46-28-24-27(41-32(42-31(24)44)47-15-34-8-4-9-43(34)13-16(36)11-34)26(38)23(25(28)35)17-6-7-20(37)29-22(17)18(12-39)30(40)48-29/h6-7,16,19,21,45H,3-5,8-11,13-15,40H2,1-2H3/t16-,19?,21?,34?/m1/s1. The number of ether oxygens (including phenoxy) is 2. The van der Waals surface area contributed by atoms with Crippen LogP contribution in [0.15, 0.2) is 12.1 Å². The lowest BCUT2D eigenvalue weighted by Crippen LogP contribution is -2.55. The van der Waals surface area contributed by atoms with E-state index in [0.29, 0.717) is 25.3 Å². The van der Waals surface area contributed by atoms with Crippen molar-refractivity contribution in [1.29, 1.82) is 5.26 Å². The number of nitriles is 1. The van der Waals surface area contributed by atoms with Gasteiger partial charge in [-0.25, -0.2) is 13.2 Å². The highest BCUT2D eigenvalue weighted by atomic mass is 35.5. The zero-order valence-corrected chi connectivity index (χ0v) is 28.0. The molecule has 9 nitrogen and oxygen atoms in total. The molecule has 6 heterocycles. The van der Waals surface area contributed by atoms with Crippen LogP contribution in [-0.4, -0.2) is 76.2 Å². The maximum atomic E-state index is 17.2. The monoisotopic (exact) mass is 698 g/mol. The van der Waals surface area contributed by atoms with Gasteiger partial charge in [0.25, 0.3) is 0 Å². The Bertz CT molecular complexity index is 2030. The quantitative estimate of drug-likeness (QED) is 0.238. The Morgan fingerprint density at radius 2 is 2.06 bits per heavy atom. The number of hydrogen-bond acceptors (Lipinski definition) is 10. The summed E-state index contributed by atoms with van der Waals surface area (Å²) in [5, 5.41) is 21.6. The van der Waals surface area contributed by atoms with Crippen LogP contribution in [0.25, 0.3) is 32.1 Å². The van der Waals surface area contributed by atoms with E-state index in [1.807, 2.05) is 11.0 Å². The maximum Gasteiger partial charge on any atom is 0.319 e. The van der Waals surface area contributed by atoms with E-state index >= 15 is 8.78 Å². The van der Waals surface area contributed by atoms with Crippen LogP contribution in [0, 0.1) is 28.9 Å². The molecule has 14 heteroatoms. The number of nitrogens with two attached hydrogens (primary N) is 1. The molecule has 252 valence electrons. The summed E-state index contributed by atoms with van der Waals surface area (Å²) in [5.74, 6) is -1.13. The summed E-state index contributed by atoms with van der Waals surface area (Å²) < 4.78 is 59.6. The van der Waals surface area contributed by atoms with Gasteiger partial charge in [-0.15, -0.1) is 11.3 Å². The molecule has 3 fully saturated rings. The first-order chi connectivity index (χ1) is 22.9. The highest BCUT2D eigenvalue weighted by Gasteiger charge is 2.50. The average Bonchev–Trinajstić information content (AvgIpc) is 3.65. The van der Waals surface area contributed by atoms with Crippen molar-refractivity contribution >= 4 is 54.7 Å². The molecule has 0 amide bonds. The molecule has 2 aromatic heterocycles. The van der Waals surface area contributed by atoms with Crippen molar-refractivity contribution in [3.63, 3.8) is 0 Å². The van der Waals surface area contributed by atoms with Gasteiger partial charge in [-0.2, -0.15) is 15.2 Å². The van der Waals surface area contributed by atoms with Gasteiger partial charge in [-0.05, 0) is 57.7 Å². The summed E-state index contributed by atoms with van der Waals surface area (Å²) in [4.78, 5) is 13.6. The molecular weight excluding hydrogens is 665 g/mol. The van der Waals surface area contributed by atoms with Crippen molar-refractivity contribution in [2.45, 2.75) is 69.3 Å². The first kappa shape index (κ1) is 31.7. The Morgan fingerprint density at radius 1 is 1.25 bits per heavy atom. The lowest BCUT2D eigenvalue weighted by molar-refractivity contribution is -0.0135. The third-order valence-corrected chi connectivity index (χ3v) is 12.1. The van der Waals surface area contributed by atoms with Crippen LogP contribution in [0.3, 0.4) is 0 Å². The Balaban J connectivity index is 1.35. The van der Waals surface area contributed by atoms with Crippen LogP contribution in [-0.2, 0) is 0 Å². The normalized spacial score (nSPS) is 25.5. The summed E-state index contributed by atoms with van der Waals surface area (Å²) in [5.41, 5.74) is 4.50. The number of piperidine rings is 1. The molecule has 48 heavy (non-hydrogen) atoms. The number of rotatable bonds is 5. The zero-order chi connectivity index (χ0) is 33.7. The van der Waals surface area contributed by atoms with Crippen molar-refractivity contribution in [2.75, 3.05) is 43.5 Å². The van der Waals surface area contributed by atoms with E-state index in [9.17, 15) is 14.8 Å². The predicted molar refractivity (Wildman–Crippen MR) is 179 cm³/mol. The number of halogens is 4. The molecule has 0 spiro atoms. The number of nitrogens with zero attached hydrogens (tertiary/aromatic N) is 5. The molecule has 3 unspecified atom stereocenters. The highest BCUT2D eigenvalue weighted by molar-refractivity contribution is 7.23. The Hall–Kier alpha value is -3.57. The number of fused-ring (bicyclic) bond motifs is 4. The fraction of sp³-hybridized carbons (Fsp3) is 0.500. The van der Waals surface area contributed by atoms with Gasteiger partial charge in [-0.3, -0.25) is 4.90 Å². The molecule has 4 atom stereocenters. The number of aliphatic hydroxyl groups is 1. The SMILES string of the molecule is CC(C)(O)C1CCCN2c3nc(OCC45CCCN4C[C@H](F)C5)nc4c(F)c(-c5ccc(F)c6sc(N)c(C#N)c56)c(Cl)c(c34)OCC12. The van der Waals surface area contributed by atoms with E-state index in [-0.39, 0.29) is 84.6 Å². The fourth-order valence-electron chi connectivity index (χ4n) is 8.55. The molecule has 0 saturated carbocycles. The largest absolute Gasteiger partial charge is 0.489 e. The molecule has 0 radical (unpaired) electrons. The first-order valence-electron chi connectivity index (χ1n) is 16.2. The zero-order valence-electron chi connectivity index (χ0n) is 26.5. The van der Waals surface area contributed by atoms with Gasteiger partial charge in [-0.1, -0.05) is 17.7 Å². The summed E-state index contributed by atoms with van der Waals surface area (Å²) >= 11 is 7.97. The Morgan fingerprint density at radius 3 is 2.83 bits per heavy atom. The third-order valence-electron chi connectivity index (χ3n) is 10.7. The van der Waals surface area contributed by atoms with Crippen LogP contribution < -0.4 is 20.1 Å². The summed E-state index contributed by atoms with van der Waals surface area (Å²) in [6.45, 7) is 5.47. The van der Waals surface area contributed by atoms with Crippen molar-refractivity contribution in [3.8, 4) is 29.0 Å². The second kappa shape index (κ2) is 11.2. The van der Waals surface area contributed by atoms with Crippen LogP contribution in [0.1, 0.15) is 51.5 Å². The molecule has 8 rings (SSSR count). The van der Waals surface area contributed by atoms with Gasteiger partial charge in [0.1, 0.15) is 47.6 Å². The predicted octanol–water partition coefficient (Wildman–Crippen LogP) is 6.60. The van der Waals surface area contributed by atoms with Crippen LogP contribution in [0.4, 0.5) is 24.0 Å². The minimum absolute atomic E-state index is 0.0208. The minimum Gasteiger partial charge on any atom is -0.489 e. The van der Waals surface area contributed by atoms with Crippen LogP contribution in [0.5, 0.6) is 11.8 Å². The van der Waals surface area contributed by atoms with E-state index in [1.54, 1.807) is 13.8 Å². The molecule has 2 aromatic carbocycles. The first-order valence-corrected chi connectivity index (χ1v) is 17.4. The van der Waals surface area contributed by atoms with E-state index < -0.39 is 28.9 Å². The number of nitrogen functional groups attached to an aromatic ring is 1. The third kappa shape index (κ3) is 4.70. The number of alkyl halides is 1. The van der Waals surface area contributed by atoms with E-state index in [4.69, 9.17) is 31.8 Å². The topological polar surface area (TPSA) is 121 Å². The lowest BCUT2D eigenvalue weighted by atomic mass is 9.78. The van der Waals surface area contributed by atoms with Gasteiger partial charge in [0.05, 0.1) is 37.9 Å². The van der Waals surface area contributed by atoms with E-state index in [2.05, 4.69) is 9.88 Å². The molecule has 0 bridgehead atoms. The van der Waals surface area contributed by atoms with Crippen LogP contribution in [0.2, 0.25) is 5.02 Å². The van der Waals surface area contributed by atoms with Crippen molar-refractivity contribution < 1.29 is 27.8 Å². The number of hydrogen-bond donors (Lipinski definition) is 2. The molecule has 4 aliphatic heterocycles. The van der Waals surface area contributed by atoms with E-state index in [1.165, 1.54) is 12.1 Å². The number of benzene rings is 2. The molecule has 4 aromatic rings. The molecule has 0 aliphatic carbocycles. The van der Waals surface area contributed by atoms with Crippen molar-refractivity contribution in [2.24, 2.45) is 5.92 Å². The lowest BCUT2D eigenvalue weighted by Gasteiger charge is -2.45. The van der Waals surface area contributed by atoms with E-state index in [0.717, 1.165) is 43.6 Å². The maximum absolute atomic E-state index is 17.2. The van der Waals surface area contributed by atoms with Crippen molar-refractivity contribution in [3.05, 3.63) is 34.4 Å². The molecule has 3 N–H and O–H groups in total. The molecule has 4 aliphatic rings. The number of aromatic nitrogens is 2. The van der Waals surface area contributed by atoms with Gasteiger partial charge >= 0.3 is 6.01 Å².